The number of Topliss-reactive ketones (excluding diaryl/α,β-unsaturated/α-hetero) is 1. The van der Waals surface area contributed by atoms with Crippen LogP contribution in [0.2, 0.25) is 0 Å². The monoisotopic (exact) mass is 366 g/mol. The molecule has 0 unspecified atom stereocenters. The van der Waals surface area contributed by atoms with Gasteiger partial charge in [0.1, 0.15) is 0 Å². The van der Waals surface area contributed by atoms with Crippen molar-refractivity contribution >= 4 is 33.9 Å². The van der Waals surface area contributed by atoms with Crippen LogP contribution in [0, 0.1) is 5.92 Å². The number of H-pyrrole nitrogens is 1. The number of hydrogen-bond donors (Lipinski definition) is 1. The lowest BCUT2D eigenvalue weighted by molar-refractivity contribution is -0.132. The van der Waals surface area contributed by atoms with Crippen LogP contribution in [0.5, 0.6) is 0 Å². The van der Waals surface area contributed by atoms with Crippen LogP contribution < -0.4 is 0 Å². The highest BCUT2D eigenvalue weighted by atomic mass is 32.1. The van der Waals surface area contributed by atoms with E-state index >= 15 is 0 Å². The van der Waals surface area contributed by atoms with Gasteiger partial charge in [0.2, 0.25) is 5.91 Å². The zero-order chi connectivity index (χ0) is 17.9. The Hall–Kier alpha value is -2.40. The van der Waals surface area contributed by atoms with Crippen LogP contribution in [0.25, 0.3) is 10.9 Å². The number of nitrogens with one attached hydrogen (secondary N) is 1. The number of carbonyl (C=O) groups is 2. The van der Waals surface area contributed by atoms with Crippen molar-refractivity contribution in [3.63, 3.8) is 0 Å². The van der Waals surface area contributed by atoms with Crippen LogP contribution in [-0.2, 0) is 11.2 Å². The first kappa shape index (κ1) is 17.0. The van der Waals surface area contributed by atoms with E-state index in [2.05, 4.69) is 11.1 Å². The third-order valence-electron chi connectivity index (χ3n) is 5.24. The maximum Gasteiger partial charge on any atom is 0.222 e. The fraction of sp³-hybridized carbons (Fsp3) is 0.333. The van der Waals surface area contributed by atoms with E-state index in [0.717, 1.165) is 35.7 Å². The molecule has 134 valence electrons. The molecule has 2 aromatic heterocycles. The molecule has 1 aliphatic heterocycles. The van der Waals surface area contributed by atoms with Crippen LogP contribution in [0.15, 0.2) is 48.0 Å². The number of amides is 1. The Morgan fingerprint density at radius 2 is 1.92 bits per heavy atom. The number of aromatic amines is 1. The molecule has 26 heavy (non-hydrogen) atoms. The molecule has 5 heteroatoms. The average molecular weight is 366 g/mol. The first-order valence-corrected chi connectivity index (χ1v) is 10.0. The zero-order valence-corrected chi connectivity index (χ0v) is 15.4. The Balaban J connectivity index is 1.34. The Morgan fingerprint density at radius 1 is 1.12 bits per heavy atom. The molecule has 1 N–H and O–H groups in total. The van der Waals surface area contributed by atoms with Gasteiger partial charge in [-0.15, -0.1) is 11.3 Å². The minimum Gasteiger partial charge on any atom is -0.360 e. The lowest BCUT2D eigenvalue weighted by Crippen LogP contribution is -2.40. The van der Waals surface area contributed by atoms with Crippen LogP contribution in [0.3, 0.4) is 0 Å². The molecular formula is C21H22N2O2S. The van der Waals surface area contributed by atoms with Crippen molar-refractivity contribution in [1.29, 1.82) is 0 Å². The molecule has 0 saturated carbocycles. The maximum atomic E-state index is 12.9. The largest absolute Gasteiger partial charge is 0.360 e. The second-order valence-corrected chi connectivity index (χ2v) is 7.88. The minimum atomic E-state index is 0.00977. The Labute approximate surface area is 156 Å². The normalized spacial score (nSPS) is 15.5. The number of fused-ring (bicyclic) bond motifs is 1. The number of aromatic nitrogens is 1. The van der Waals surface area contributed by atoms with E-state index in [-0.39, 0.29) is 17.6 Å². The van der Waals surface area contributed by atoms with Crippen molar-refractivity contribution < 1.29 is 9.59 Å². The number of ketones is 1. The van der Waals surface area contributed by atoms with E-state index in [9.17, 15) is 9.59 Å². The van der Waals surface area contributed by atoms with Gasteiger partial charge in [-0.25, -0.2) is 0 Å². The number of benzene rings is 1. The van der Waals surface area contributed by atoms with Crippen LogP contribution in [-0.4, -0.2) is 34.7 Å². The van der Waals surface area contributed by atoms with Crippen molar-refractivity contribution in [1.82, 2.24) is 9.88 Å². The van der Waals surface area contributed by atoms with E-state index in [4.69, 9.17) is 0 Å². The molecular weight excluding hydrogens is 344 g/mol. The quantitative estimate of drug-likeness (QED) is 0.685. The molecule has 0 atom stereocenters. The second kappa shape index (κ2) is 7.46. The van der Waals surface area contributed by atoms with E-state index in [1.165, 1.54) is 4.88 Å². The molecule has 1 aliphatic rings. The van der Waals surface area contributed by atoms with E-state index in [0.29, 0.717) is 19.5 Å². The number of carbonyl (C=O) groups excluding carboxylic acids is 2. The van der Waals surface area contributed by atoms with Gasteiger partial charge in [-0.05, 0) is 36.8 Å². The number of thiophene rings is 1. The van der Waals surface area contributed by atoms with Gasteiger partial charge in [-0.3, -0.25) is 9.59 Å². The summed E-state index contributed by atoms with van der Waals surface area (Å²) in [6.45, 7) is 1.37. The number of hydrogen-bond acceptors (Lipinski definition) is 3. The molecule has 0 radical (unpaired) electrons. The number of para-hydroxylation sites is 1. The number of nitrogens with zero attached hydrogens (tertiary/aromatic N) is 1. The molecule has 4 nitrogen and oxygen atoms in total. The van der Waals surface area contributed by atoms with E-state index in [1.807, 2.05) is 46.8 Å². The summed E-state index contributed by atoms with van der Waals surface area (Å²) >= 11 is 1.70. The summed E-state index contributed by atoms with van der Waals surface area (Å²) in [5.41, 5.74) is 1.78. The molecule has 0 spiro atoms. The van der Waals surface area contributed by atoms with E-state index in [1.54, 1.807) is 11.3 Å². The van der Waals surface area contributed by atoms with E-state index < -0.39 is 0 Å². The molecule has 1 fully saturated rings. The van der Waals surface area contributed by atoms with Crippen molar-refractivity contribution in [2.75, 3.05) is 13.1 Å². The minimum absolute atomic E-state index is 0.00977. The smallest absolute Gasteiger partial charge is 0.222 e. The SMILES string of the molecule is O=C(c1c[nH]c2ccccc12)C1CCN(C(=O)CCc2cccs2)CC1. The summed E-state index contributed by atoms with van der Waals surface area (Å²) in [6.07, 6.45) is 4.70. The molecule has 1 aromatic carbocycles. The van der Waals surface area contributed by atoms with Gasteiger partial charge in [0.05, 0.1) is 0 Å². The first-order chi connectivity index (χ1) is 12.7. The van der Waals surface area contributed by atoms with Crippen LogP contribution in [0.1, 0.15) is 34.5 Å². The topological polar surface area (TPSA) is 53.2 Å². The van der Waals surface area contributed by atoms with Crippen molar-refractivity contribution in [3.05, 3.63) is 58.4 Å². The van der Waals surface area contributed by atoms with Crippen LogP contribution >= 0.6 is 11.3 Å². The second-order valence-electron chi connectivity index (χ2n) is 6.85. The van der Waals surface area contributed by atoms with Crippen molar-refractivity contribution in [3.8, 4) is 0 Å². The highest BCUT2D eigenvalue weighted by Gasteiger charge is 2.28. The summed E-state index contributed by atoms with van der Waals surface area (Å²) in [4.78, 5) is 31.7. The summed E-state index contributed by atoms with van der Waals surface area (Å²) in [7, 11) is 0. The highest BCUT2D eigenvalue weighted by Crippen LogP contribution is 2.26. The third kappa shape index (κ3) is 3.44. The fourth-order valence-corrected chi connectivity index (χ4v) is 4.44. The van der Waals surface area contributed by atoms with Gasteiger partial charge in [-0.1, -0.05) is 24.3 Å². The predicted molar refractivity (Wildman–Crippen MR) is 105 cm³/mol. The number of piperidine rings is 1. The van der Waals surface area contributed by atoms with Crippen LogP contribution in [0.4, 0.5) is 0 Å². The Bertz CT molecular complexity index is 905. The summed E-state index contributed by atoms with van der Waals surface area (Å²) < 4.78 is 0. The summed E-state index contributed by atoms with van der Waals surface area (Å²) in [5.74, 6) is 0.417. The molecule has 1 saturated heterocycles. The molecule has 3 heterocycles. The standard InChI is InChI=1S/C21H22N2O2S/c24-20(8-7-16-4-3-13-26-16)23-11-9-15(10-12-23)21(25)18-14-22-19-6-2-1-5-17(18)19/h1-6,13-15,22H,7-12H2. The van der Waals surface area contributed by atoms with Gasteiger partial charge < -0.3 is 9.88 Å². The number of rotatable bonds is 5. The molecule has 1 amide bonds. The highest BCUT2D eigenvalue weighted by molar-refractivity contribution is 7.09. The average Bonchev–Trinajstić information content (AvgIpc) is 3.35. The Kier molecular flexibility index (Phi) is 4.89. The third-order valence-corrected chi connectivity index (χ3v) is 6.17. The predicted octanol–water partition coefficient (Wildman–Crippen LogP) is 4.28. The van der Waals surface area contributed by atoms with Gasteiger partial charge in [0, 0.05) is 53.0 Å². The first-order valence-electron chi connectivity index (χ1n) is 9.13. The Morgan fingerprint density at radius 3 is 2.69 bits per heavy atom. The molecule has 3 aromatic rings. The number of likely N-dealkylation sites (tertiary alicyclic amines) is 1. The van der Waals surface area contributed by atoms with Crippen molar-refractivity contribution in [2.24, 2.45) is 5.92 Å². The molecule has 0 aliphatic carbocycles. The molecule has 0 bridgehead atoms. The zero-order valence-electron chi connectivity index (χ0n) is 14.6. The molecule has 4 rings (SSSR count). The lowest BCUT2D eigenvalue weighted by Gasteiger charge is -2.31. The number of aryl methyl sites for hydroxylation is 1. The van der Waals surface area contributed by atoms with Gasteiger partial charge >= 0.3 is 0 Å². The van der Waals surface area contributed by atoms with Gasteiger partial charge in [-0.2, -0.15) is 0 Å². The fourth-order valence-electron chi connectivity index (χ4n) is 3.73. The maximum absolute atomic E-state index is 12.9. The van der Waals surface area contributed by atoms with Crippen molar-refractivity contribution in [2.45, 2.75) is 25.7 Å². The summed E-state index contributed by atoms with van der Waals surface area (Å²) in [5, 5.41) is 3.04. The van der Waals surface area contributed by atoms with Gasteiger partial charge in [0.25, 0.3) is 0 Å². The summed E-state index contributed by atoms with van der Waals surface area (Å²) in [6, 6.07) is 12.0. The van der Waals surface area contributed by atoms with Gasteiger partial charge in [0.15, 0.2) is 5.78 Å². The lowest BCUT2D eigenvalue weighted by atomic mass is 9.88.